The van der Waals surface area contributed by atoms with Crippen LogP contribution in [0.15, 0.2) is 71.8 Å². The first kappa shape index (κ1) is 24.2. The number of hydrogen-bond acceptors (Lipinski definition) is 5. The van der Waals surface area contributed by atoms with Crippen molar-refractivity contribution in [3.63, 3.8) is 0 Å². The minimum Gasteiger partial charge on any atom is -0.382 e. The highest BCUT2D eigenvalue weighted by molar-refractivity contribution is 6.01. The molecule has 1 aliphatic heterocycles. The molecule has 9 nitrogen and oxygen atoms in total. The maximum Gasteiger partial charge on any atom is 0.264 e. The number of amides is 1. The van der Waals surface area contributed by atoms with E-state index in [0.717, 1.165) is 16.6 Å². The number of fused-ring (bicyclic) bond motifs is 2. The SMILES string of the molecule is C[C@@H](c1cc2cccc(C#Cc3cnn(C)c3)c2c(=O)n1-c1ccccc1)N1CCc2c(c(N)nn2C)C1=O. The van der Waals surface area contributed by atoms with Crippen LogP contribution in [0.4, 0.5) is 5.82 Å². The fraction of sp³-hybridized carbons (Fsp3) is 0.200. The van der Waals surface area contributed by atoms with Crippen LogP contribution in [-0.2, 0) is 20.5 Å². The second-order valence-corrected chi connectivity index (χ2v) is 9.72. The zero-order valence-corrected chi connectivity index (χ0v) is 21.9. The standard InChI is InChI=1S/C30H27N7O2/c1-19(36-15-14-24-27(29(36)38)28(31)33-35(24)3)25-16-22-9-7-8-21(13-12-20-17-32-34(2)18-20)26(22)30(39)37(25)23-10-5-4-6-11-23/h4-11,16-19H,14-15H2,1-3H3,(H2,31,33)/t19-/m0/s1. The summed E-state index contributed by atoms with van der Waals surface area (Å²) in [6, 6.07) is 16.7. The number of carbonyl (C=O) groups is 1. The fourth-order valence-electron chi connectivity index (χ4n) is 5.36. The number of benzene rings is 2. The predicted molar refractivity (Wildman–Crippen MR) is 150 cm³/mol. The van der Waals surface area contributed by atoms with Crippen LogP contribution < -0.4 is 11.3 Å². The molecule has 39 heavy (non-hydrogen) atoms. The van der Waals surface area contributed by atoms with Crippen molar-refractivity contribution in [3.8, 4) is 17.5 Å². The van der Waals surface area contributed by atoms with E-state index < -0.39 is 6.04 Å². The largest absolute Gasteiger partial charge is 0.382 e. The van der Waals surface area contributed by atoms with Crippen molar-refractivity contribution in [1.82, 2.24) is 29.0 Å². The number of hydrogen-bond donors (Lipinski definition) is 1. The zero-order valence-electron chi connectivity index (χ0n) is 21.9. The van der Waals surface area contributed by atoms with E-state index in [0.29, 0.717) is 40.9 Å². The molecule has 3 aromatic heterocycles. The quantitative estimate of drug-likeness (QED) is 0.370. The molecule has 0 fully saturated rings. The number of nitrogens with zero attached hydrogens (tertiary/aromatic N) is 6. The van der Waals surface area contributed by atoms with Gasteiger partial charge in [-0.3, -0.25) is 23.5 Å². The summed E-state index contributed by atoms with van der Waals surface area (Å²) in [5.41, 5.74) is 10.0. The second-order valence-electron chi connectivity index (χ2n) is 9.72. The number of aromatic nitrogens is 5. The van der Waals surface area contributed by atoms with Gasteiger partial charge in [-0.25, -0.2) is 0 Å². The molecule has 2 aromatic carbocycles. The normalized spacial score (nSPS) is 13.7. The molecule has 1 aliphatic rings. The molecule has 194 valence electrons. The molecule has 0 spiro atoms. The van der Waals surface area contributed by atoms with Crippen LogP contribution in [0.1, 0.15) is 45.8 Å². The van der Waals surface area contributed by atoms with E-state index in [-0.39, 0.29) is 17.3 Å². The number of anilines is 1. The van der Waals surface area contributed by atoms with Crippen molar-refractivity contribution < 1.29 is 4.79 Å². The van der Waals surface area contributed by atoms with Crippen molar-refractivity contribution in [2.45, 2.75) is 19.4 Å². The highest BCUT2D eigenvalue weighted by atomic mass is 16.2. The lowest BCUT2D eigenvalue weighted by atomic mass is 10.00. The Hall–Kier alpha value is -5.10. The zero-order chi connectivity index (χ0) is 27.3. The summed E-state index contributed by atoms with van der Waals surface area (Å²) in [5, 5.41) is 9.71. The van der Waals surface area contributed by atoms with Gasteiger partial charge in [0.2, 0.25) is 0 Å². The lowest BCUT2D eigenvalue weighted by Gasteiger charge is -2.34. The molecule has 0 saturated carbocycles. The van der Waals surface area contributed by atoms with Gasteiger partial charge in [-0.05, 0) is 36.6 Å². The van der Waals surface area contributed by atoms with E-state index >= 15 is 0 Å². The van der Waals surface area contributed by atoms with Crippen LogP contribution in [-0.4, -0.2) is 41.5 Å². The van der Waals surface area contributed by atoms with Gasteiger partial charge in [0.1, 0.15) is 5.56 Å². The van der Waals surface area contributed by atoms with Gasteiger partial charge in [-0.2, -0.15) is 10.2 Å². The highest BCUT2D eigenvalue weighted by Crippen LogP contribution is 2.32. The van der Waals surface area contributed by atoms with Crippen molar-refractivity contribution >= 4 is 22.5 Å². The van der Waals surface area contributed by atoms with Gasteiger partial charge in [-0.1, -0.05) is 42.2 Å². The molecule has 5 aromatic rings. The summed E-state index contributed by atoms with van der Waals surface area (Å²) in [5.74, 6) is 6.33. The van der Waals surface area contributed by atoms with Gasteiger partial charge in [0, 0.05) is 50.2 Å². The van der Waals surface area contributed by atoms with Crippen LogP contribution in [0.5, 0.6) is 0 Å². The molecular weight excluding hydrogens is 490 g/mol. The van der Waals surface area contributed by atoms with Crippen LogP contribution in [0, 0.1) is 11.8 Å². The van der Waals surface area contributed by atoms with Crippen molar-refractivity contribution in [3.05, 3.63) is 105 Å². The predicted octanol–water partition coefficient (Wildman–Crippen LogP) is 3.20. The molecule has 1 amide bonds. The number of pyridine rings is 1. The van der Waals surface area contributed by atoms with Gasteiger partial charge < -0.3 is 10.6 Å². The second kappa shape index (κ2) is 9.33. The molecule has 0 bridgehead atoms. The van der Waals surface area contributed by atoms with E-state index in [1.807, 2.05) is 74.8 Å². The van der Waals surface area contributed by atoms with Crippen LogP contribution in [0.2, 0.25) is 0 Å². The molecule has 1 atom stereocenters. The van der Waals surface area contributed by atoms with Gasteiger partial charge in [0.25, 0.3) is 11.5 Å². The Morgan fingerprint density at radius 2 is 1.82 bits per heavy atom. The van der Waals surface area contributed by atoms with E-state index in [1.165, 1.54) is 0 Å². The number of aryl methyl sites for hydroxylation is 2. The molecule has 9 heteroatoms. The van der Waals surface area contributed by atoms with Gasteiger partial charge in [0.05, 0.1) is 28.9 Å². The first-order chi connectivity index (χ1) is 18.8. The smallest absolute Gasteiger partial charge is 0.264 e. The van der Waals surface area contributed by atoms with Gasteiger partial charge in [-0.15, -0.1) is 0 Å². The topological polar surface area (TPSA) is 104 Å². The van der Waals surface area contributed by atoms with Crippen molar-refractivity contribution in [2.24, 2.45) is 14.1 Å². The summed E-state index contributed by atoms with van der Waals surface area (Å²) in [6.07, 6.45) is 4.15. The van der Waals surface area contributed by atoms with Gasteiger partial charge in [0.15, 0.2) is 5.82 Å². The average molecular weight is 518 g/mol. The lowest BCUT2D eigenvalue weighted by molar-refractivity contribution is 0.0666. The number of rotatable bonds is 3. The number of nitrogen functional groups attached to an aromatic ring is 1. The third-order valence-electron chi connectivity index (χ3n) is 7.29. The minimum absolute atomic E-state index is 0.183. The molecule has 6 rings (SSSR count). The Balaban J connectivity index is 1.53. The van der Waals surface area contributed by atoms with Crippen LogP contribution in [0.25, 0.3) is 16.5 Å². The first-order valence-corrected chi connectivity index (χ1v) is 12.7. The van der Waals surface area contributed by atoms with E-state index in [1.54, 1.807) is 32.1 Å². The van der Waals surface area contributed by atoms with E-state index in [9.17, 15) is 9.59 Å². The Labute approximate surface area is 225 Å². The molecule has 0 unspecified atom stereocenters. The summed E-state index contributed by atoms with van der Waals surface area (Å²) in [7, 11) is 3.63. The highest BCUT2D eigenvalue weighted by Gasteiger charge is 2.34. The maximum atomic E-state index is 14.3. The molecule has 0 saturated heterocycles. The van der Waals surface area contributed by atoms with E-state index in [4.69, 9.17) is 5.73 Å². The number of para-hydroxylation sites is 1. The van der Waals surface area contributed by atoms with Gasteiger partial charge >= 0.3 is 0 Å². The first-order valence-electron chi connectivity index (χ1n) is 12.7. The monoisotopic (exact) mass is 517 g/mol. The minimum atomic E-state index is -0.410. The molecule has 4 heterocycles. The Kier molecular flexibility index (Phi) is 5.80. The Morgan fingerprint density at radius 3 is 2.56 bits per heavy atom. The van der Waals surface area contributed by atoms with Crippen molar-refractivity contribution in [1.29, 1.82) is 0 Å². The third kappa shape index (κ3) is 4.07. The maximum absolute atomic E-state index is 14.3. The molecule has 2 N–H and O–H groups in total. The van der Waals surface area contributed by atoms with Crippen LogP contribution in [0.3, 0.4) is 0 Å². The van der Waals surface area contributed by atoms with Crippen molar-refractivity contribution in [2.75, 3.05) is 12.3 Å². The summed E-state index contributed by atoms with van der Waals surface area (Å²) < 4.78 is 5.05. The third-order valence-corrected chi connectivity index (χ3v) is 7.29. The Bertz CT molecular complexity index is 1870. The van der Waals surface area contributed by atoms with E-state index in [2.05, 4.69) is 22.0 Å². The lowest BCUT2D eigenvalue weighted by Crippen LogP contribution is -2.41. The fourth-order valence-corrected chi connectivity index (χ4v) is 5.36. The molecule has 0 radical (unpaired) electrons. The average Bonchev–Trinajstić information content (AvgIpc) is 3.49. The number of nitrogens with two attached hydrogens (primary N) is 1. The van der Waals surface area contributed by atoms with Crippen LogP contribution >= 0.6 is 0 Å². The summed E-state index contributed by atoms with van der Waals surface area (Å²) in [6.45, 7) is 2.44. The summed E-state index contributed by atoms with van der Waals surface area (Å²) in [4.78, 5) is 29.6. The molecular formula is C30H27N7O2. The molecule has 0 aliphatic carbocycles. The number of carbonyl (C=O) groups excluding carboxylic acids is 1. The summed E-state index contributed by atoms with van der Waals surface area (Å²) >= 11 is 0. The Morgan fingerprint density at radius 1 is 1.03 bits per heavy atom.